The second-order valence-corrected chi connectivity index (χ2v) is 7.99. The van der Waals surface area contributed by atoms with Crippen LogP contribution in [0.5, 0.6) is 0 Å². The van der Waals surface area contributed by atoms with Gasteiger partial charge in [0.05, 0.1) is 19.2 Å². The van der Waals surface area contributed by atoms with Crippen molar-refractivity contribution in [2.75, 3.05) is 25.5 Å². The molecule has 2 aromatic carbocycles. The minimum Gasteiger partial charge on any atom is -0.465 e. The zero-order valence-electron chi connectivity index (χ0n) is 18.2. The first-order valence-electron chi connectivity index (χ1n) is 10.6. The Balaban J connectivity index is 1.29. The first kappa shape index (κ1) is 21.7. The lowest BCUT2D eigenvalue weighted by Gasteiger charge is -2.30. The molecule has 1 amide bonds. The van der Waals surface area contributed by atoms with E-state index >= 15 is 0 Å². The van der Waals surface area contributed by atoms with Gasteiger partial charge in [0.25, 0.3) is 0 Å². The molecular weight excluding hydrogens is 408 g/mol. The number of aromatic nitrogens is 2. The molecule has 32 heavy (non-hydrogen) atoms. The van der Waals surface area contributed by atoms with Gasteiger partial charge in [-0.1, -0.05) is 35.0 Å². The summed E-state index contributed by atoms with van der Waals surface area (Å²) in [7, 11) is 1.33. The fourth-order valence-electron chi connectivity index (χ4n) is 3.85. The highest BCUT2D eigenvalue weighted by Gasteiger charge is 2.26. The summed E-state index contributed by atoms with van der Waals surface area (Å²) in [4.78, 5) is 31.1. The van der Waals surface area contributed by atoms with Crippen LogP contribution in [-0.4, -0.2) is 47.1 Å². The number of esters is 1. The lowest BCUT2D eigenvalue weighted by molar-refractivity contribution is -0.121. The van der Waals surface area contributed by atoms with Gasteiger partial charge in [-0.15, -0.1) is 0 Å². The molecule has 0 aliphatic carbocycles. The molecule has 0 saturated carbocycles. The van der Waals surface area contributed by atoms with Gasteiger partial charge in [0.15, 0.2) is 0 Å². The van der Waals surface area contributed by atoms with Gasteiger partial charge in [-0.3, -0.25) is 9.69 Å². The number of amides is 1. The van der Waals surface area contributed by atoms with Crippen molar-refractivity contribution in [1.82, 2.24) is 15.0 Å². The van der Waals surface area contributed by atoms with E-state index in [4.69, 9.17) is 9.26 Å². The van der Waals surface area contributed by atoms with Crippen molar-refractivity contribution in [3.8, 4) is 11.4 Å². The number of piperidine rings is 1. The third kappa shape index (κ3) is 5.20. The molecule has 2 heterocycles. The van der Waals surface area contributed by atoms with Gasteiger partial charge in [-0.2, -0.15) is 4.98 Å². The monoisotopic (exact) mass is 434 g/mol. The van der Waals surface area contributed by atoms with Gasteiger partial charge in [-0.05, 0) is 57.1 Å². The minimum atomic E-state index is -0.430. The van der Waals surface area contributed by atoms with Gasteiger partial charge in [0.2, 0.25) is 17.6 Å². The molecule has 1 saturated heterocycles. The fraction of sp³-hybridized carbons (Fsp3) is 0.333. The molecule has 1 N–H and O–H groups in total. The average Bonchev–Trinajstić information content (AvgIpc) is 3.27. The Bertz CT molecular complexity index is 1100. The standard InChI is InChI=1S/C24H26N4O4/c1-16-5-3-6-18(13-16)22-26-21(32-27-22)15-28-11-9-17(10-12-28)23(29)25-20-8-4-7-19(14-20)24(30)31-2/h3-8,13-14,17H,9-12,15H2,1-2H3,(H,25,29). The van der Waals surface area contributed by atoms with Crippen molar-refractivity contribution < 1.29 is 18.8 Å². The highest BCUT2D eigenvalue weighted by atomic mass is 16.5. The number of likely N-dealkylation sites (tertiary alicyclic amines) is 1. The predicted molar refractivity (Wildman–Crippen MR) is 119 cm³/mol. The highest BCUT2D eigenvalue weighted by molar-refractivity contribution is 5.95. The second-order valence-electron chi connectivity index (χ2n) is 7.99. The number of hydrogen-bond donors (Lipinski definition) is 1. The number of ether oxygens (including phenoxy) is 1. The topological polar surface area (TPSA) is 97.6 Å². The van der Waals surface area contributed by atoms with Crippen molar-refractivity contribution in [3.05, 3.63) is 65.5 Å². The first-order valence-corrected chi connectivity index (χ1v) is 10.6. The van der Waals surface area contributed by atoms with Gasteiger partial charge < -0.3 is 14.6 Å². The van der Waals surface area contributed by atoms with Crippen molar-refractivity contribution >= 4 is 17.6 Å². The summed E-state index contributed by atoms with van der Waals surface area (Å²) in [6, 6.07) is 14.8. The predicted octanol–water partition coefficient (Wildman–Crippen LogP) is 3.68. The SMILES string of the molecule is COC(=O)c1cccc(NC(=O)C2CCN(Cc3nc(-c4cccc(C)c4)no3)CC2)c1. The maximum atomic E-state index is 12.7. The molecule has 4 rings (SSSR count). The van der Waals surface area contributed by atoms with Crippen molar-refractivity contribution in [2.45, 2.75) is 26.3 Å². The fourth-order valence-corrected chi connectivity index (χ4v) is 3.85. The van der Waals surface area contributed by atoms with Gasteiger partial charge in [-0.25, -0.2) is 4.79 Å². The maximum absolute atomic E-state index is 12.7. The third-order valence-corrected chi connectivity index (χ3v) is 5.61. The third-order valence-electron chi connectivity index (χ3n) is 5.61. The molecule has 1 aliphatic heterocycles. The van der Waals surface area contributed by atoms with Gasteiger partial charge in [0.1, 0.15) is 0 Å². The molecule has 8 nitrogen and oxygen atoms in total. The van der Waals surface area contributed by atoms with E-state index in [9.17, 15) is 9.59 Å². The Kier molecular flexibility index (Phi) is 6.61. The lowest BCUT2D eigenvalue weighted by Crippen LogP contribution is -2.37. The summed E-state index contributed by atoms with van der Waals surface area (Å²) in [6.07, 6.45) is 1.47. The van der Waals surface area contributed by atoms with E-state index in [0.717, 1.165) is 37.1 Å². The molecule has 0 spiro atoms. The van der Waals surface area contributed by atoms with Crippen LogP contribution in [0.25, 0.3) is 11.4 Å². The normalized spacial score (nSPS) is 14.8. The number of nitrogens with one attached hydrogen (secondary N) is 1. The summed E-state index contributed by atoms with van der Waals surface area (Å²) in [5.41, 5.74) is 3.08. The van der Waals surface area contributed by atoms with E-state index in [2.05, 4.69) is 20.4 Å². The Hall–Kier alpha value is -3.52. The molecular formula is C24H26N4O4. The van der Waals surface area contributed by atoms with E-state index in [1.165, 1.54) is 7.11 Å². The van der Waals surface area contributed by atoms with Gasteiger partial charge >= 0.3 is 5.97 Å². The summed E-state index contributed by atoms with van der Waals surface area (Å²) in [6.45, 7) is 4.12. The molecule has 0 atom stereocenters. The number of aryl methyl sites for hydroxylation is 1. The molecule has 1 aromatic heterocycles. The van der Waals surface area contributed by atoms with E-state index < -0.39 is 5.97 Å². The minimum absolute atomic E-state index is 0.0359. The molecule has 8 heteroatoms. The van der Waals surface area contributed by atoms with Crippen LogP contribution in [0.1, 0.15) is 34.7 Å². The molecule has 1 aliphatic rings. The zero-order chi connectivity index (χ0) is 22.5. The van der Waals surface area contributed by atoms with Gasteiger partial charge in [0, 0.05) is 17.2 Å². The Morgan fingerprint density at radius 1 is 1.16 bits per heavy atom. The smallest absolute Gasteiger partial charge is 0.337 e. The van der Waals surface area contributed by atoms with Crippen LogP contribution in [0.15, 0.2) is 53.1 Å². The van der Waals surface area contributed by atoms with E-state index in [1.54, 1.807) is 24.3 Å². The molecule has 0 unspecified atom stereocenters. The summed E-state index contributed by atoms with van der Waals surface area (Å²) < 4.78 is 10.2. The lowest BCUT2D eigenvalue weighted by atomic mass is 9.95. The van der Waals surface area contributed by atoms with E-state index in [-0.39, 0.29) is 11.8 Å². The average molecular weight is 434 g/mol. The Morgan fingerprint density at radius 3 is 2.69 bits per heavy atom. The quantitative estimate of drug-likeness (QED) is 0.591. The van der Waals surface area contributed by atoms with E-state index in [0.29, 0.717) is 29.5 Å². The molecule has 0 radical (unpaired) electrons. The van der Waals surface area contributed by atoms with Crippen LogP contribution in [0.3, 0.4) is 0 Å². The second kappa shape index (κ2) is 9.74. The zero-order valence-corrected chi connectivity index (χ0v) is 18.2. The number of methoxy groups -OCH3 is 1. The molecule has 1 fully saturated rings. The number of rotatable bonds is 6. The molecule has 0 bridgehead atoms. The number of anilines is 1. The molecule has 3 aromatic rings. The molecule has 166 valence electrons. The van der Waals surface area contributed by atoms with Crippen LogP contribution >= 0.6 is 0 Å². The Labute approximate surface area is 186 Å². The van der Waals surface area contributed by atoms with E-state index in [1.807, 2.05) is 31.2 Å². The largest absolute Gasteiger partial charge is 0.465 e. The van der Waals surface area contributed by atoms with Crippen molar-refractivity contribution in [1.29, 1.82) is 0 Å². The van der Waals surface area contributed by atoms with Crippen LogP contribution in [-0.2, 0) is 16.1 Å². The number of hydrogen-bond acceptors (Lipinski definition) is 7. The summed E-state index contributed by atoms with van der Waals surface area (Å²) in [5, 5.41) is 7.01. The van der Waals surface area contributed by atoms with Crippen LogP contribution in [0.4, 0.5) is 5.69 Å². The number of benzene rings is 2. The van der Waals surface area contributed by atoms with Crippen molar-refractivity contribution in [2.24, 2.45) is 5.92 Å². The Morgan fingerprint density at radius 2 is 1.94 bits per heavy atom. The number of carbonyl (C=O) groups excluding carboxylic acids is 2. The number of nitrogens with zero attached hydrogens (tertiary/aromatic N) is 3. The first-order chi connectivity index (χ1) is 15.5. The summed E-state index contributed by atoms with van der Waals surface area (Å²) >= 11 is 0. The summed E-state index contributed by atoms with van der Waals surface area (Å²) in [5.74, 6) is 0.613. The highest BCUT2D eigenvalue weighted by Crippen LogP contribution is 2.22. The van der Waals surface area contributed by atoms with Crippen LogP contribution in [0.2, 0.25) is 0 Å². The van der Waals surface area contributed by atoms with Crippen LogP contribution < -0.4 is 5.32 Å². The number of carbonyl (C=O) groups is 2. The maximum Gasteiger partial charge on any atom is 0.337 e. The van der Waals surface area contributed by atoms with Crippen molar-refractivity contribution in [3.63, 3.8) is 0 Å². The van der Waals surface area contributed by atoms with Crippen LogP contribution in [0, 0.1) is 12.8 Å².